The molecule has 1 aliphatic rings. The molecule has 0 bridgehead atoms. The topological polar surface area (TPSA) is 207 Å². The lowest BCUT2D eigenvalue weighted by molar-refractivity contribution is -0.138. The van der Waals surface area contributed by atoms with E-state index in [0.29, 0.717) is 118 Å². The minimum atomic E-state index is -1.03. The van der Waals surface area contributed by atoms with Crippen LogP contribution >= 0.6 is 0 Å². The van der Waals surface area contributed by atoms with E-state index >= 15 is 0 Å². The molecule has 0 aliphatic carbocycles. The smallest absolute Gasteiger partial charge is 0.305 e. The summed E-state index contributed by atoms with van der Waals surface area (Å²) in [6.45, 7) is 6.67. The van der Waals surface area contributed by atoms with Crippen LogP contribution in [0.25, 0.3) is 0 Å². The largest absolute Gasteiger partial charge is 0.481 e. The van der Waals surface area contributed by atoms with Crippen molar-refractivity contribution in [3.8, 4) is 0 Å². The van der Waals surface area contributed by atoms with E-state index in [2.05, 4.69) is 10.6 Å². The van der Waals surface area contributed by atoms with E-state index in [0.717, 1.165) is 4.90 Å². The molecule has 0 radical (unpaired) electrons. The van der Waals surface area contributed by atoms with Gasteiger partial charge < -0.3 is 58.4 Å². The van der Waals surface area contributed by atoms with Crippen molar-refractivity contribution < 1.29 is 67.0 Å². The molecule has 282 valence electrons. The number of aldehydes is 1. The first kappa shape index (κ1) is 42.6. The summed E-state index contributed by atoms with van der Waals surface area (Å²) >= 11 is 0. The SMILES string of the molecule is CNC(=O)CCC(C=O)N1C(=O)c2cccc(NCCOCCOCCOCCOCCOCCOCCOCCOCCC(=O)O)c2C1=O. The number of hydrogen-bond donors (Lipinski definition) is 3. The first-order valence-electron chi connectivity index (χ1n) is 16.6. The Morgan fingerprint density at radius 1 is 0.700 bits per heavy atom. The quantitative estimate of drug-likeness (QED) is 0.0512. The summed E-state index contributed by atoms with van der Waals surface area (Å²) in [6.07, 6.45) is 0.554. The molecule has 50 heavy (non-hydrogen) atoms. The minimum Gasteiger partial charge on any atom is -0.481 e. The van der Waals surface area contributed by atoms with Crippen molar-refractivity contribution in [3.05, 3.63) is 29.3 Å². The third kappa shape index (κ3) is 17.4. The van der Waals surface area contributed by atoms with Crippen LogP contribution in [0.3, 0.4) is 0 Å². The predicted molar refractivity (Wildman–Crippen MR) is 177 cm³/mol. The van der Waals surface area contributed by atoms with Crippen LogP contribution in [-0.4, -0.2) is 165 Å². The molecule has 3 N–H and O–H groups in total. The lowest BCUT2D eigenvalue weighted by Gasteiger charge is -2.21. The van der Waals surface area contributed by atoms with Crippen molar-refractivity contribution in [1.29, 1.82) is 0 Å². The van der Waals surface area contributed by atoms with Gasteiger partial charge in [0.15, 0.2) is 0 Å². The van der Waals surface area contributed by atoms with Gasteiger partial charge in [0, 0.05) is 25.7 Å². The lowest BCUT2D eigenvalue weighted by atomic mass is 10.1. The number of rotatable bonds is 33. The normalized spacial score (nSPS) is 13.0. The summed E-state index contributed by atoms with van der Waals surface area (Å²) in [5.41, 5.74) is 0.871. The van der Waals surface area contributed by atoms with Crippen LogP contribution in [0.2, 0.25) is 0 Å². The van der Waals surface area contributed by atoms with Gasteiger partial charge in [0.1, 0.15) is 6.29 Å². The second kappa shape index (κ2) is 27.2. The van der Waals surface area contributed by atoms with Crippen molar-refractivity contribution in [2.45, 2.75) is 25.3 Å². The van der Waals surface area contributed by atoms with Crippen LogP contribution < -0.4 is 10.6 Å². The molecule has 0 saturated heterocycles. The Morgan fingerprint density at radius 2 is 1.16 bits per heavy atom. The molecule has 17 nitrogen and oxygen atoms in total. The monoisotopic (exact) mass is 713 g/mol. The fourth-order valence-corrected chi connectivity index (χ4v) is 4.47. The minimum absolute atomic E-state index is 0.0103. The number of nitrogens with zero attached hydrogens (tertiary/aromatic N) is 1. The number of amides is 3. The van der Waals surface area contributed by atoms with Gasteiger partial charge in [0.25, 0.3) is 11.8 Å². The van der Waals surface area contributed by atoms with Crippen molar-refractivity contribution in [1.82, 2.24) is 10.2 Å². The number of ether oxygens (including phenoxy) is 8. The highest BCUT2D eigenvalue weighted by atomic mass is 16.6. The fourth-order valence-electron chi connectivity index (χ4n) is 4.47. The molecule has 1 aromatic carbocycles. The van der Waals surface area contributed by atoms with E-state index in [-0.39, 0.29) is 42.9 Å². The number of hydrogen-bond acceptors (Lipinski definition) is 14. The van der Waals surface area contributed by atoms with Gasteiger partial charge in [0.05, 0.1) is 129 Å². The van der Waals surface area contributed by atoms with Gasteiger partial charge in [-0.3, -0.25) is 24.1 Å². The van der Waals surface area contributed by atoms with Gasteiger partial charge in [-0.2, -0.15) is 0 Å². The standard InChI is InChI=1S/C33H51N3O14/c1-34-29(38)6-5-26(25-37)36-32(41)27-3-2-4-28(31(27)33(36)42)35-8-10-44-12-14-46-16-18-48-20-22-50-24-23-49-21-19-47-17-15-45-13-11-43-9-7-30(39)40/h2-4,25-26,35H,5-24H2,1H3,(H,34,38)(H,39,40). The highest BCUT2D eigenvalue weighted by Gasteiger charge is 2.41. The summed E-state index contributed by atoms with van der Waals surface area (Å²) < 4.78 is 43.2. The Morgan fingerprint density at radius 3 is 1.60 bits per heavy atom. The third-order valence-corrected chi connectivity index (χ3v) is 7.01. The molecule has 1 aliphatic heterocycles. The Hall–Kier alpha value is -3.55. The number of carboxylic acid groups (broad SMARTS) is 1. The van der Waals surface area contributed by atoms with E-state index in [1.165, 1.54) is 7.05 Å². The number of carbonyl (C=O) groups excluding carboxylic acids is 4. The maximum Gasteiger partial charge on any atom is 0.305 e. The average molecular weight is 714 g/mol. The molecular formula is C33H51N3O14. The van der Waals surface area contributed by atoms with Gasteiger partial charge >= 0.3 is 5.97 Å². The molecule has 1 unspecified atom stereocenters. The molecule has 0 aromatic heterocycles. The zero-order chi connectivity index (χ0) is 36.2. The van der Waals surface area contributed by atoms with Crippen LogP contribution in [0.4, 0.5) is 5.69 Å². The lowest BCUT2D eigenvalue weighted by Crippen LogP contribution is -2.41. The molecule has 0 spiro atoms. The van der Waals surface area contributed by atoms with Crippen molar-refractivity contribution >= 4 is 35.7 Å². The van der Waals surface area contributed by atoms with Crippen LogP contribution in [0, 0.1) is 0 Å². The zero-order valence-corrected chi connectivity index (χ0v) is 28.7. The summed E-state index contributed by atoms with van der Waals surface area (Å²) in [7, 11) is 1.48. The molecule has 0 saturated carbocycles. The fraction of sp³-hybridized carbons (Fsp3) is 0.667. The molecule has 0 fully saturated rings. The summed E-state index contributed by atoms with van der Waals surface area (Å²) in [4.78, 5) is 60.6. The van der Waals surface area contributed by atoms with Crippen LogP contribution in [0.1, 0.15) is 40.0 Å². The van der Waals surface area contributed by atoms with E-state index in [1.807, 2.05) is 0 Å². The summed E-state index contributed by atoms with van der Waals surface area (Å²) in [5, 5.41) is 14.1. The number of aliphatic carboxylic acids is 1. The van der Waals surface area contributed by atoms with Gasteiger partial charge in [-0.05, 0) is 18.6 Å². The molecule has 2 rings (SSSR count). The van der Waals surface area contributed by atoms with Gasteiger partial charge in [-0.25, -0.2) is 0 Å². The van der Waals surface area contributed by atoms with E-state index in [1.54, 1.807) is 18.2 Å². The van der Waals surface area contributed by atoms with Crippen molar-refractivity contribution in [2.75, 3.05) is 125 Å². The maximum atomic E-state index is 13.1. The Kier molecular flexibility index (Phi) is 23.2. The number of nitrogens with one attached hydrogen (secondary N) is 2. The van der Waals surface area contributed by atoms with E-state index < -0.39 is 23.8 Å². The molecule has 1 heterocycles. The van der Waals surface area contributed by atoms with Crippen LogP contribution in [0.5, 0.6) is 0 Å². The molecule has 1 aromatic rings. The Labute approximate surface area is 292 Å². The van der Waals surface area contributed by atoms with Crippen molar-refractivity contribution in [3.63, 3.8) is 0 Å². The van der Waals surface area contributed by atoms with Gasteiger partial charge in [0.2, 0.25) is 5.91 Å². The molecule has 3 amide bonds. The Balaban J connectivity index is 1.38. The first-order valence-corrected chi connectivity index (χ1v) is 16.6. The van der Waals surface area contributed by atoms with Gasteiger partial charge in [-0.15, -0.1) is 0 Å². The van der Waals surface area contributed by atoms with E-state index in [9.17, 15) is 24.0 Å². The Bertz CT molecular complexity index is 1150. The second-order valence-corrected chi connectivity index (χ2v) is 10.6. The summed E-state index contributed by atoms with van der Waals surface area (Å²) in [6, 6.07) is 3.85. The van der Waals surface area contributed by atoms with E-state index in [4.69, 9.17) is 43.0 Å². The maximum absolute atomic E-state index is 13.1. The van der Waals surface area contributed by atoms with Crippen LogP contribution in [-0.2, 0) is 52.3 Å². The number of carbonyl (C=O) groups is 5. The van der Waals surface area contributed by atoms with Gasteiger partial charge in [-0.1, -0.05) is 6.07 Å². The second-order valence-electron chi connectivity index (χ2n) is 10.6. The third-order valence-electron chi connectivity index (χ3n) is 7.01. The number of benzene rings is 1. The number of carboxylic acids is 1. The average Bonchev–Trinajstić information content (AvgIpc) is 3.37. The summed E-state index contributed by atoms with van der Waals surface area (Å²) in [5.74, 6) is -2.31. The predicted octanol–water partition coefficient (Wildman–Crippen LogP) is 0.396. The zero-order valence-electron chi connectivity index (χ0n) is 28.7. The highest BCUT2D eigenvalue weighted by molar-refractivity contribution is 6.24. The number of anilines is 1. The molecular weight excluding hydrogens is 662 g/mol. The van der Waals surface area contributed by atoms with Crippen LogP contribution in [0.15, 0.2) is 18.2 Å². The van der Waals surface area contributed by atoms with Crippen molar-refractivity contribution in [2.24, 2.45) is 0 Å². The molecule has 1 atom stereocenters. The number of imide groups is 1. The highest BCUT2D eigenvalue weighted by Crippen LogP contribution is 2.31. The molecule has 17 heteroatoms. The number of fused-ring (bicyclic) bond motifs is 1. The first-order chi connectivity index (χ1) is 24.4.